The number of aliphatic hydroxyl groups excluding tert-OH is 1. The van der Waals surface area contributed by atoms with Crippen molar-refractivity contribution in [2.45, 2.75) is 48.4 Å². The van der Waals surface area contributed by atoms with E-state index in [1.54, 1.807) is 17.1 Å². The molecule has 3 heterocycles. The number of aliphatic hydroxyl groups is 1. The van der Waals surface area contributed by atoms with Gasteiger partial charge in [0.1, 0.15) is 11.6 Å². The smallest absolute Gasteiger partial charge is 0.312 e. The van der Waals surface area contributed by atoms with Crippen molar-refractivity contribution in [3.63, 3.8) is 0 Å². The lowest BCUT2D eigenvalue weighted by Crippen LogP contribution is -2.56. The molecule has 4 rings (SSSR count). The van der Waals surface area contributed by atoms with Crippen LogP contribution in [0.15, 0.2) is 55.6 Å². The number of nitrogens with zero attached hydrogens (tertiary/aromatic N) is 2. The molecule has 3 aliphatic heterocycles. The number of alkyl halides is 1. The van der Waals surface area contributed by atoms with Gasteiger partial charge in [0.15, 0.2) is 0 Å². The van der Waals surface area contributed by atoms with E-state index in [1.807, 2.05) is 30.3 Å². The quantitative estimate of drug-likeness (QED) is 0.182. The summed E-state index contributed by atoms with van der Waals surface area (Å²) in [6.45, 7) is 8.34. The van der Waals surface area contributed by atoms with Crippen LogP contribution in [0.4, 0.5) is 0 Å². The number of fused-ring (bicyclic) bond motifs is 1. The average Bonchev–Trinajstić information content (AvgIpc) is 3.46. The third kappa shape index (κ3) is 4.64. The molecule has 2 amide bonds. The first-order chi connectivity index (χ1) is 17.4. The molecule has 8 nitrogen and oxygen atoms in total. The maximum atomic E-state index is 14.2. The van der Waals surface area contributed by atoms with Gasteiger partial charge in [0.25, 0.3) is 0 Å². The number of likely N-dealkylation sites (tertiary alicyclic amines) is 1. The number of amides is 2. The van der Waals surface area contributed by atoms with Crippen LogP contribution in [0.1, 0.15) is 24.8 Å². The Morgan fingerprint density at radius 3 is 2.69 bits per heavy atom. The predicted octanol–water partition coefficient (Wildman–Crippen LogP) is 2.45. The van der Waals surface area contributed by atoms with Gasteiger partial charge in [0.2, 0.25) is 11.8 Å². The molecule has 3 saturated heterocycles. The molecule has 0 aromatic heterocycles. The number of hydrogen-bond acceptors (Lipinski definition) is 6. The Hall–Kier alpha value is -2.49. The fraction of sp³-hybridized carbons (Fsp3) is 0.519. The summed E-state index contributed by atoms with van der Waals surface area (Å²) in [6, 6.07) is 8.69. The van der Waals surface area contributed by atoms with Crippen LogP contribution in [-0.2, 0) is 30.4 Å². The fourth-order valence-electron chi connectivity index (χ4n) is 5.86. The van der Waals surface area contributed by atoms with Crippen LogP contribution in [0.3, 0.4) is 0 Å². The summed E-state index contributed by atoms with van der Waals surface area (Å²) in [5.74, 6) is -2.67. The van der Waals surface area contributed by atoms with Gasteiger partial charge in [-0.1, -0.05) is 58.4 Å². The second kappa shape index (κ2) is 11.3. The van der Waals surface area contributed by atoms with E-state index in [-0.39, 0.29) is 36.4 Å². The molecule has 1 aromatic carbocycles. The van der Waals surface area contributed by atoms with Gasteiger partial charge in [-0.3, -0.25) is 14.4 Å². The standard InChI is InChI=1S/C27H33BrN2O6/c1-3-5-15-35-26(34)20-21-24(32)30(13-9-14-31)23(27(21)16-19(28)22(20)36-27)25(33)29(12-4-2)17-18-10-7-6-8-11-18/h3-4,6-8,10-11,19-23,31H,1-2,5,9,12-17H2/t19?,20-,21+,22-,23?,27?/m1/s1. The average molecular weight is 561 g/mol. The van der Waals surface area contributed by atoms with Crippen molar-refractivity contribution in [1.29, 1.82) is 0 Å². The number of carbonyl (C=O) groups is 3. The maximum absolute atomic E-state index is 14.2. The minimum Gasteiger partial charge on any atom is -0.465 e. The van der Waals surface area contributed by atoms with Crippen LogP contribution in [0.2, 0.25) is 0 Å². The summed E-state index contributed by atoms with van der Waals surface area (Å²) in [5.41, 5.74) is -0.201. The molecule has 36 heavy (non-hydrogen) atoms. The molecule has 6 atom stereocenters. The molecule has 1 spiro atoms. The summed E-state index contributed by atoms with van der Waals surface area (Å²) in [4.78, 5) is 44.1. The Bertz CT molecular complexity index is 1000. The van der Waals surface area contributed by atoms with Crippen LogP contribution >= 0.6 is 15.9 Å². The molecule has 3 aliphatic rings. The topological polar surface area (TPSA) is 96.4 Å². The third-order valence-electron chi connectivity index (χ3n) is 7.30. The van der Waals surface area contributed by atoms with Crippen molar-refractivity contribution in [2.24, 2.45) is 11.8 Å². The Kier molecular flexibility index (Phi) is 8.32. The van der Waals surface area contributed by atoms with Crippen LogP contribution in [0.25, 0.3) is 0 Å². The van der Waals surface area contributed by atoms with Crippen molar-refractivity contribution in [1.82, 2.24) is 9.80 Å². The van der Waals surface area contributed by atoms with Crippen LogP contribution in [0.5, 0.6) is 0 Å². The van der Waals surface area contributed by atoms with E-state index in [2.05, 4.69) is 29.1 Å². The highest BCUT2D eigenvalue weighted by Gasteiger charge is 2.77. The summed E-state index contributed by atoms with van der Waals surface area (Å²) >= 11 is 3.65. The van der Waals surface area contributed by atoms with Crippen molar-refractivity contribution in [2.75, 3.05) is 26.3 Å². The molecule has 0 aliphatic carbocycles. The lowest BCUT2D eigenvalue weighted by Gasteiger charge is -2.37. The van der Waals surface area contributed by atoms with E-state index < -0.39 is 35.6 Å². The largest absolute Gasteiger partial charge is 0.465 e. The molecule has 0 saturated carbocycles. The van der Waals surface area contributed by atoms with Crippen molar-refractivity contribution < 1.29 is 29.0 Å². The summed E-state index contributed by atoms with van der Waals surface area (Å²) in [7, 11) is 0. The molecular formula is C27H33BrN2O6. The Morgan fingerprint density at radius 2 is 2.03 bits per heavy atom. The van der Waals surface area contributed by atoms with Gasteiger partial charge in [-0.2, -0.15) is 0 Å². The molecule has 0 radical (unpaired) electrons. The summed E-state index contributed by atoms with van der Waals surface area (Å²) in [6.07, 6.45) is 3.99. The van der Waals surface area contributed by atoms with E-state index in [1.165, 1.54) is 4.90 Å². The zero-order valence-electron chi connectivity index (χ0n) is 20.3. The van der Waals surface area contributed by atoms with E-state index in [0.29, 0.717) is 32.4 Å². The summed E-state index contributed by atoms with van der Waals surface area (Å²) < 4.78 is 11.9. The van der Waals surface area contributed by atoms with E-state index >= 15 is 0 Å². The number of carbonyl (C=O) groups excluding carboxylic acids is 3. The van der Waals surface area contributed by atoms with Gasteiger partial charge in [-0.25, -0.2) is 0 Å². The first-order valence-electron chi connectivity index (χ1n) is 12.3. The molecule has 9 heteroatoms. The maximum Gasteiger partial charge on any atom is 0.312 e. The first kappa shape index (κ1) is 26.6. The minimum atomic E-state index is -1.15. The van der Waals surface area contributed by atoms with Gasteiger partial charge in [-0.05, 0) is 24.8 Å². The lowest BCUT2D eigenvalue weighted by molar-refractivity contribution is -0.155. The molecule has 3 fully saturated rings. The monoisotopic (exact) mass is 560 g/mol. The molecular weight excluding hydrogens is 528 g/mol. The van der Waals surface area contributed by atoms with Crippen molar-refractivity contribution >= 4 is 33.7 Å². The number of halogens is 1. The second-order valence-electron chi connectivity index (χ2n) is 9.51. The second-order valence-corrected chi connectivity index (χ2v) is 10.7. The molecule has 1 aromatic rings. The molecule has 2 bridgehead atoms. The van der Waals surface area contributed by atoms with E-state index in [4.69, 9.17) is 9.47 Å². The SMILES string of the molecule is C=CCCOC(=O)[C@H]1[C@@H]2OC3(CC2Br)C(C(=O)N(CC=C)Cc2ccccc2)N(CCCO)C(=O)[C@H]13. The molecule has 194 valence electrons. The number of benzene rings is 1. The van der Waals surface area contributed by atoms with Gasteiger partial charge < -0.3 is 24.4 Å². The summed E-state index contributed by atoms with van der Waals surface area (Å²) in [5, 5.41) is 9.49. The minimum absolute atomic E-state index is 0.125. The zero-order valence-corrected chi connectivity index (χ0v) is 21.8. The van der Waals surface area contributed by atoms with Crippen molar-refractivity contribution in [3.8, 4) is 0 Å². The number of hydrogen-bond donors (Lipinski definition) is 1. The highest BCUT2D eigenvalue weighted by molar-refractivity contribution is 9.09. The van der Waals surface area contributed by atoms with Gasteiger partial charge in [0, 0.05) is 31.1 Å². The van der Waals surface area contributed by atoms with Gasteiger partial charge >= 0.3 is 5.97 Å². The fourth-order valence-corrected chi connectivity index (χ4v) is 6.81. The van der Waals surface area contributed by atoms with Crippen LogP contribution < -0.4 is 0 Å². The normalized spacial score (nSPS) is 30.2. The number of ether oxygens (including phenoxy) is 2. The van der Waals surface area contributed by atoms with E-state index in [9.17, 15) is 19.5 Å². The van der Waals surface area contributed by atoms with E-state index in [0.717, 1.165) is 5.56 Å². The zero-order chi connectivity index (χ0) is 25.9. The van der Waals surface area contributed by atoms with Crippen LogP contribution in [0, 0.1) is 11.8 Å². The molecule has 3 unspecified atom stereocenters. The van der Waals surface area contributed by atoms with Crippen LogP contribution in [-0.4, -0.2) is 81.6 Å². The Morgan fingerprint density at radius 1 is 1.28 bits per heavy atom. The number of esters is 1. The highest BCUT2D eigenvalue weighted by atomic mass is 79.9. The van der Waals surface area contributed by atoms with Gasteiger partial charge in [-0.15, -0.1) is 13.2 Å². The van der Waals surface area contributed by atoms with Gasteiger partial charge in [0.05, 0.1) is 24.5 Å². The Balaban J connectivity index is 1.69. The van der Waals surface area contributed by atoms with Crippen molar-refractivity contribution in [3.05, 3.63) is 61.2 Å². The number of rotatable bonds is 12. The molecule has 1 N–H and O–H groups in total. The predicted molar refractivity (Wildman–Crippen MR) is 137 cm³/mol. The Labute approximate surface area is 220 Å². The lowest BCUT2D eigenvalue weighted by atomic mass is 9.70. The third-order valence-corrected chi connectivity index (χ3v) is 8.14. The first-order valence-corrected chi connectivity index (χ1v) is 13.3. The highest BCUT2D eigenvalue weighted by Crippen LogP contribution is 2.60.